The fourth-order valence-electron chi connectivity index (χ4n) is 1.65. The van der Waals surface area contributed by atoms with Crippen molar-refractivity contribution in [2.75, 3.05) is 20.0 Å². The monoisotopic (exact) mass is 248 g/mol. The predicted molar refractivity (Wildman–Crippen MR) is 64.8 cm³/mol. The first-order valence-electron chi connectivity index (χ1n) is 5.13. The van der Waals surface area contributed by atoms with Crippen LogP contribution in [0.4, 0.5) is 5.88 Å². The zero-order valence-electron chi connectivity index (χ0n) is 9.97. The number of nitrogens with two attached hydrogens (primary N) is 1. The van der Waals surface area contributed by atoms with Gasteiger partial charge in [0.15, 0.2) is 17.8 Å². The van der Waals surface area contributed by atoms with Crippen molar-refractivity contribution < 1.29 is 18.8 Å². The van der Waals surface area contributed by atoms with Crippen LogP contribution in [-0.4, -0.2) is 25.7 Å². The number of hydrogen-bond donors (Lipinski definition) is 1. The lowest BCUT2D eigenvalue weighted by atomic mass is 10.1. The van der Waals surface area contributed by atoms with Crippen molar-refractivity contribution in [2.45, 2.75) is 0 Å². The molecule has 0 aliphatic carbocycles. The highest BCUT2D eigenvalue weighted by Crippen LogP contribution is 2.35. The third-order valence-electron chi connectivity index (χ3n) is 2.46. The van der Waals surface area contributed by atoms with E-state index in [0.717, 1.165) is 0 Å². The molecule has 1 heterocycles. The molecular formula is C12H12N2O4. The van der Waals surface area contributed by atoms with Crippen molar-refractivity contribution >= 4 is 12.2 Å². The molecule has 0 aliphatic heterocycles. The highest BCUT2D eigenvalue weighted by molar-refractivity contribution is 5.85. The molecule has 94 valence electrons. The molecule has 2 rings (SSSR count). The molecule has 0 aliphatic rings. The molecule has 0 fully saturated rings. The summed E-state index contributed by atoms with van der Waals surface area (Å²) in [6, 6.07) is 4.89. The topological polar surface area (TPSA) is 87.6 Å². The second kappa shape index (κ2) is 4.79. The Bertz CT molecular complexity index is 577. The maximum absolute atomic E-state index is 11.0. The summed E-state index contributed by atoms with van der Waals surface area (Å²) in [4.78, 5) is 11.0. The number of carbonyl (C=O) groups is 1. The van der Waals surface area contributed by atoms with Gasteiger partial charge in [-0.25, -0.2) is 0 Å². The summed E-state index contributed by atoms with van der Waals surface area (Å²) in [5.74, 6) is 1.03. The van der Waals surface area contributed by atoms with E-state index in [9.17, 15) is 4.79 Å². The summed E-state index contributed by atoms with van der Waals surface area (Å²) in [5, 5.41) is 3.78. The highest BCUT2D eigenvalue weighted by Gasteiger charge is 2.14. The van der Waals surface area contributed by atoms with Gasteiger partial charge in [-0.05, 0) is 12.1 Å². The minimum Gasteiger partial charge on any atom is -0.493 e. The normalized spacial score (nSPS) is 10.1. The van der Waals surface area contributed by atoms with E-state index in [0.29, 0.717) is 34.6 Å². The molecule has 0 unspecified atom stereocenters. The van der Waals surface area contributed by atoms with E-state index in [1.54, 1.807) is 18.2 Å². The molecule has 6 nitrogen and oxygen atoms in total. The average Bonchev–Trinajstić information content (AvgIpc) is 2.83. The van der Waals surface area contributed by atoms with Gasteiger partial charge in [-0.1, -0.05) is 5.16 Å². The Morgan fingerprint density at radius 2 is 2.06 bits per heavy atom. The molecule has 18 heavy (non-hydrogen) atoms. The summed E-state index contributed by atoms with van der Waals surface area (Å²) in [6.45, 7) is 0. The van der Waals surface area contributed by atoms with Crippen LogP contribution in [0.3, 0.4) is 0 Å². The predicted octanol–water partition coefficient (Wildman–Crippen LogP) is 1.75. The minimum atomic E-state index is 0.201. The largest absolute Gasteiger partial charge is 0.493 e. The number of nitrogens with zero attached hydrogens (tertiary/aromatic N) is 1. The number of ether oxygens (including phenoxy) is 2. The Morgan fingerprint density at radius 1 is 1.28 bits per heavy atom. The van der Waals surface area contributed by atoms with Crippen molar-refractivity contribution in [3.63, 3.8) is 0 Å². The SMILES string of the molecule is COc1cc(-c2cc(N)on2)cc(C=O)c1OC. The Balaban J connectivity index is 2.59. The van der Waals surface area contributed by atoms with E-state index >= 15 is 0 Å². The third kappa shape index (κ3) is 2.00. The van der Waals surface area contributed by atoms with Crippen molar-refractivity contribution in [3.05, 3.63) is 23.8 Å². The van der Waals surface area contributed by atoms with E-state index in [-0.39, 0.29) is 5.88 Å². The number of nitrogen functional groups attached to an aromatic ring is 1. The van der Waals surface area contributed by atoms with Gasteiger partial charge in [0.25, 0.3) is 0 Å². The van der Waals surface area contributed by atoms with Gasteiger partial charge in [0.1, 0.15) is 5.69 Å². The average molecular weight is 248 g/mol. The van der Waals surface area contributed by atoms with Crippen LogP contribution < -0.4 is 15.2 Å². The summed E-state index contributed by atoms with van der Waals surface area (Å²) < 4.78 is 15.1. The number of rotatable bonds is 4. The summed E-state index contributed by atoms with van der Waals surface area (Å²) in [7, 11) is 2.96. The van der Waals surface area contributed by atoms with Crippen LogP contribution in [0.15, 0.2) is 22.7 Å². The number of benzene rings is 1. The molecule has 0 saturated carbocycles. The molecule has 0 bridgehead atoms. The van der Waals surface area contributed by atoms with Gasteiger partial charge in [-0.15, -0.1) is 0 Å². The number of aromatic nitrogens is 1. The van der Waals surface area contributed by atoms with E-state index < -0.39 is 0 Å². The van der Waals surface area contributed by atoms with Gasteiger partial charge in [0.2, 0.25) is 5.88 Å². The molecule has 1 aromatic heterocycles. The Morgan fingerprint density at radius 3 is 2.56 bits per heavy atom. The fourth-order valence-corrected chi connectivity index (χ4v) is 1.65. The smallest absolute Gasteiger partial charge is 0.222 e. The lowest BCUT2D eigenvalue weighted by molar-refractivity contribution is 0.112. The molecule has 0 amide bonds. The first-order chi connectivity index (χ1) is 8.69. The minimum absolute atomic E-state index is 0.201. The van der Waals surface area contributed by atoms with E-state index in [2.05, 4.69) is 5.16 Å². The van der Waals surface area contributed by atoms with E-state index in [4.69, 9.17) is 19.7 Å². The summed E-state index contributed by atoms with van der Waals surface area (Å²) in [5.41, 5.74) is 7.01. The summed E-state index contributed by atoms with van der Waals surface area (Å²) in [6.07, 6.45) is 0.689. The molecule has 2 aromatic rings. The van der Waals surface area contributed by atoms with Crippen LogP contribution >= 0.6 is 0 Å². The third-order valence-corrected chi connectivity index (χ3v) is 2.46. The van der Waals surface area contributed by atoms with Gasteiger partial charge in [0, 0.05) is 11.6 Å². The quantitative estimate of drug-likeness (QED) is 0.829. The second-order valence-corrected chi connectivity index (χ2v) is 3.53. The molecule has 0 spiro atoms. The van der Waals surface area contributed by atoms with Gasteiger partial charge >= 0.3 is 0 Å². The molecular weight excluding hydrogens is 236 g/mol. The standard InChI is InChI=1S/C12H12N2O4/c1-16-10-4-7(9-5-11(13)18-14-9)3-8(6-15)12(10)17-2/h3-6H,13H2,1-2H3. The molecule has 1 aromatic carbocycles. The highest BCUT2D eigenvalue weighted by atomic mass is 16.5. The maximum atomic E-state index is 11.0. The van der Waals surface area contributed by atoms with Crippen molar-refractivity contribution in [1.82, 2.24) is 5.16 Å². The van der Waals surface area contributed by atoms with Crippen LogP contribution in [0.5, 0.6) is 11.5 Å². The van der Waals surface area contributed by atoms with Crippen LogP contribution in [-0.2, 0) is 0 Å². The first kappa shape index (κ1) is 12.0. The van der Waals surface area contributed by atoms with Crippen LogP contribution in [0.2, 0.25) is 0 Å². The molecule has 0 radical (unpaired) electrons. The van der Waals surface area contributed by atoms with E-state index in [1.807, 2.05) is 0 Å². The Kier molecular flexibility index (Phi) is 3.18. The van der Waals surface area contributed by atoms with Crippen molar-refractivity contribution in [1.29, 1.82) is 0 Å². The number of methoxy groups -OCH3 is 2. The van der Waals surface area contributed by atoms with Crippen molar-refractivity contribution in [3.8, 4) is 22.8 Å². The van der Waals surface area contributed by atoms with Gasteiger partial charge < -0.3 is 19.7 Å². The zero-order valence-corrected chi connectivity index (χ0v) is 9.97. The number of hydrogen-bond acceptors (Lipinski definition) is 6. The number of aldehydes is 1. The van der Waals surface area contributed by atoms with Gasteiger partial charge in [-0.3, -0.25) is 4.79 Å². The number of anilines is 1. The molecule has 0 saturated heterocycles. The van der Waals surface area contributed by atoms with Crippen LogP contribution in [0.25, 0.3) is 11.3 Å². The molecule has 6 heteroatoms. The van der Waals surface area contributed by atoms with E-state index in [1.165, 1.54) is 14.2 Å². The van der Waals surface area contributed by atoms with Crippen LogP contribution in [0.1, 0.15) is 10.4 Å². The van der Waals surface area contributed by atoms with Gasteiger partial charge in [0.05, 0.1) is 19.8 Å². The Hall–Kier alpha value is -2.50. The zero-order chi connectivity index (χ0) is 13.1. The lowest BCUT2D eigenvalue weighted by Crippen LogP contribution is -1.96. The van der Waals surface area contributed by atoms with Gasteiger partial charge in [-0.2, -0.15) is 0 Å². The number of carbonyl (C=O) groups excluding carboxylic acids is 1. The first-order valence-corrected chi connectivity index (χ1v) is 5.13. The lowest BCUT2D eigenvalue weighted by Gasteiger charge is -2.10. The maximum Gasteiger partial charge on any atom is 0.222 e. The summed E-state index contributed by atoms with van der Waals surface area (Å²) >= 11 is 0. The van der Waals surface area contributed by atoms with Crippen LogP contribution in [0, 0.1) is 0 Å². The molecule has 0 atom stereocenters. The van der Waals surface area contributed by atoms with Crippen molar-refractivity contribution in [2.24, 2.45) is 0 Å². The fraction of sp³-hybridized carbons (Fsp3) is 0.167. The Labute approximate surface area is 103 Å². The second-order valence-electron chi connectivity index (χ2n) is 3.53. The molecule has 2 N–H and O–H groups in total.